The SMILES string of the molecule is CC(C)=CC1=C(Sc2ccc(CC(=O)O)cc2)/C(=C/C(C)C)CC1. The molecule has 0 fully saturated rings. The quantitative estimate of drug-likeness (QED) is 0.688. The number of carbonyl (C=O) groups is 1. The number of benzene rings is 1. The lowest BCUT2D eigenvalue weighted by Gasteiger charge is -2.09. The average Bonchev–Trinajstić information content (AvgIpc) is 2.81. The first kappa shape index (κ1) is 18.6. The van der Waals surface area contributed by atoms with Crippen molar-refractivity contribution in [3.63, 3.8) is 0 Å². The number of thioether (sulfide) groups is 1. The Bertz CT molecular complexity index is 687. The summed E-state index contributed by atoms with van der Waals surface area (Å²) >= 11 is 1.80. The van der Waals surface area contributed by atoms with Gasteiger partial charge in [-0.05, 0) is 61.4 Å². The second-order valence-electron chi connectivity index (χ2n) is 6.83. The third-order valence-corrected chi connectivity index (χ3v) is 4.98. The number of carboxylic acids is 1. The van der Waals surface area contributed by atoms with Gasteiger partial charge in [-0.15, -0.1) is 0 Å². The predicted molar refractivity (Wildman–Crippen MR) is 102 cm³/mol. The molecule has 3 heteroatoms. The molecule has 0 radical (unpaired) electrons. The van der Waals surface area contributed by atoms with Crippen LogP contribution in [0.5, 0.6) is 0 Å². The molecule has 128 valence electrons. The van der Waals surface area contributed by atoms with Crippen molar-refractivity contribution in [3.8, 4) is 0 Å². The van der Waals surface area contributed by atoms with E-state index in [1.807, 2.05) is 24.3 Å². The van der Waals surface area contributed by atoms with Gasteiger partial charge in [0.2, 0.25) is 0 Å². The van der Waals surface area contributed by atoms with Crippen LogP contribution < -0.4 is 0 Å². The summed E-state index contributed by atoms with van der Waals surface area (Å²) < 4.78 is 0. The summed E-state index contributed by atoms with van der Waals surface area (Å²) in [5, 5.41) is 8.88. The van der Waals surface area contributed by atoms with E-state index in [0.29, 0.717) is 5.92 Å². The van der Waals surface area contributed by atoms with Crippen LogP contribution in [0.3, 0.4) is 0 Å². The van der Waals surface area contributed by atoms with Crippen molar-refractivity contribution in [2.24, 2.45) is 5.92 Å². The van der Waals surface area contributed by atoms with Gasteiger partial charge >= 0.3 is 5.97 Å². The van der Waals surface area contributed by atoms with E-state index in [9.17, 15) is 4.79 Å². The van der Waals surface area contributed by atoms with E-state index in [2.05, 4.69) is 39.8 Å². The van der Waals surface area contributed by atoms with Crippen LogP contribution in [0.25, 0.3) is 0 Å². The van der Waals surface area contributed by atoms with E-state index in [1.165, 1.54) is 21.6 Å². The highest BCUT2D eigenvalue weighted by Crippen LogP contribution is 2.43. The molecule has 2 rings (SSSR count). The zero-order valence-electron chi connectivity index (χ0n) is 14.9. The molecular formula is C21H26O2S. The Hall–Kier alpha value is -1.74. The van der Waals surface area contributed by atoms with Crippen LogP contribution in [-0.4, -0.2) is 11.1 Å². The number of rotatable bonds is 6. The summed E-state index contributed by atoms with van der Waals surface area (Å²) in [6, 6.07) is 7.89. The molecule has 0 saturated carbocycles. The summed E-state index contributed by atoms with van der Waals surface area (Å²) in [5.41, 5.74) is 5.03. The molecule has 0 aliphatic heterocycles. The fraction of sp³-hybridized carbons (Fsp3) is 0.381. The number of hydrogen-bond acceptors (Lipinski definition) is 2. The van der Waals surface area contributed by atoms with Crippen molar-refractivity contribution in [2.75, 3.05) is 0 Å². The summed E-state index contributed by atoms with van der Waals surface area (Å²) in [6.07, 6.45) is 6.95. The van der Waals surface area contributed by atoms with Crippen LogP contribution in [0.2, 0.25) is 0 Å². The molecule has 2 nitrogen and oxygen atoms in total. The van der Waals surface area contributed by atoms with Crippen LogP contribution in [0.4, 0.5) is 0 Å². The Labute approximate surface area is 149 Å². The number of aliphatic carboxylic acids is 1. The minimum Gasteiger partial charge on any atom is -0.481 e. The number of carboxylic acid groups (broad SMARTS) is 1. The van der Waals surface area contributed by atoms with Crippen LogP contribution in [0.1, 0.15) is 46.1 Å². The first-order chi connectivity index (χ1) is 11.3. The lowest BCUT2D eigenvalue weighted by molar-refractivity contribution is -0.136. The van der Waals surface area contributed by atoms with E-state index in [4.69, 9.17) is 5.11 Å². The highest BCUT2D eigenvalue weighted by atomic mass is 32.2. The summed E-state index contributed by atoms with van der Waals surface area (Å²) in [4.78, 5) is 13.3. The van der Waals surface area contributed by atoms with E-state index in [0.717, 1.165) is 23.3 Å². The van der Waals surface area contributed by atoms with Gasteiger partial charge < -0.3 is 5.11 Å². The van der Waals surface area contributed by atoms with Crippen LogP contribution in [-0.2, 0) is 11.2 Å². The molecule has 1 aromatic rings. The average molecular weight is 343 g/mol. The summed E-state index contributed by atoms with van der Waals surface area (Å²) in [6.45, 7) is 8.71. The lowest BCUT2D eigenvalue weighted by atomic mass is 10.1. The van der Waals surface area contributed by atoms with E-state index in [1.54, 1.807) is 11.8 Å². The van der Waals surface area contributed by atoms with Gasteiger partial charge in [0.15, 0.2) is 0 Å². The second-order valence-corrected chi connectivity index (χ2v) is 7.91. The molecular weight excluding hydrogens is 316 g/mol. The molecule has 0 unspecified atom stereocenters. The van der Waals surface area contributed by atoms with Gasteiger partial charge in [-0.1, -0.05) is 55.5 Å². The third kappa shape index (κ3) is 5.41. The highest BCUT2D eigenvalue weighted by Gasteiger charge is 2.19. The second kappa shape index (κ2) is 8.39. The molecule has 1 aliphatic rings. The minimum atomic E-state index is -0.790. The molecule has 0 spiro atoms. The molecule has 0 bridgehead atoms. The first-order valence-corrected chi connectivity index (χ1v) is 9.24. The Morgan fingerprint density at radius 1 is 1.21 bits per heavy atom. The number of hydrogen-bond donors (Lipinski definition) is 1. The third-order valence-electron chi connectivity index (χ3n) is 3.74. The van der Waals surface area contributed by atoms with Crippen molar-refractivity contribution in [3.05, 3.63) is 63.6 Å². The smallest absolute Gasteiger partial charge is 0.307 e. The highest BCUT2D eigenvalue weighted by molar-refractivity contribution is 8.03. The molecule has 1 aromatic carbocycles. The molecule has 0 amide bonds. The van der Waals surface area contributed by atoms with Gasteiger partial charge in [-0.3, -0.25) is 4.79 Å². The maximum Gasteiger partial charge on any atom is 0.307 e. The maximum absolute atomic E-state index is 10.8. The fourth-order valence-corrected chi connectivity index (χ4v) is 3.95. The standard InChI is InChI=1S/C21H26O2S/c1-14(2)11-17-7-8-18(12-15(3)4)21(17)24-19-9-5-16(6-10-19)13-20(22)23/h5-6,9-12,14H,7-8,13H2,1-4H3,(H,22,23)/b17-11+. The van der Waals surface area contributed by atoms with E-state index in [-0.39, 0.29) is 6.42 Å². The Kier molecular flexibility index (Phi) is 6.50. The normalized spacial score (nSPS) is 16.1. The molecule has 0 aromatic heterocycles. The van der Waals surface area contributed by atoms with Gasteiger partial charge in [0.25, 0.3) is 0 Å². The van der Waals surface area contributed by atoms with Gasteiger partial charge in [-0.2, -0.15) is 0 Å². The predicted octanol–water partition coefficient (Wildman–Crippen LogP) is 6.00. The van der Waals surface area contributed by atoms with Crippen LogP contribution >= 0.6 is 11.8 Å². The largest absolute Gasteiger partial charge is 0.481 e. The molecule has 0 saturated heterocycles. The van der Waals surface area contributed by atoms with E-state index < -0.39 is 5.97 Å². The molecule has 0 atom stereocenters. The molecule has 1 N–H and O–H groups in total. The molecule has 0 heterocycles. The van der Waals surface area contributed by atoms with Crippen molar-refractivity contribution in [1.82, 2.24) is 0 Å². The monoisotopic (exact) mass is 342 g/mol. The topological polar surface area (TPSA) is 37.3 Å². The van der Waals surface area contributed by atoms with Crippen LogP contribution in [0.15, 0.2) is 62.9 Å². The lowest BCUT2D eigenvalue weighted by Crippen LogP contribution is -1.99. The molecule has 24 heavy (non-hydrogen) atoms. The number of allylic oxidation sites excluding steroid dienone is 5. The van der Waals surface area contributed by atoms with Gasteiger partial charge in [0.05, 0.1) is 6.42 Å². The van der Waals surface area contributed by atoms with Gasteiger partial charge in [-0.25, -0.2) is 0 Å². The van der Waals surface area contributed by atoms with Crippen molar-refractivity contribution >= 4 is 17.7 Å². The van der Waals surface area contributed by atoms with Gasteiger partial charge in [0, 0.05) is 9.80 Å². The van der Waals surface area contributed by atoms with Crippen molar-refractivity contribution in [2.45, 2.75) is 51.9 Å². The maximum atomic E-state index is 10.8. The van der Waals surface area contributed by atoms with Crippen LogP contribution in [0, 0.1) is 5.92 Å². The summed E-state index contributed by atoms with van der Waals surface area (Å²) in [5.74, 6) is -0.249. The first-order valence-electron chi connectivity index (χ1n) is 8.43. The van der Waals surface area contributed by atoms with Crippen molar-refractivity contribution < 1.29 is 9.90 Å². The fourth-order valence-electron chi connectivity index (χ4n) is 2.85. The Balaban J connectivity index is 2.28. The summed E-state index contributed by atoms with van der Waals surface area (Å²) in [7, 11) is 0. The van der Waals surface area contributed by atoms with Gasteiger partial charge in [0.1, 0.15) is 0 Å². The minimum absolute atomic E-state index is 0.0785. The zero-order chi connectivity index (χ0) is 17.7. The molecule has 1 aliphatic carbocycles. The zero-order valence-corrected chi connectivity index (χ0v) is 15.7. The van der Waals surface area contributed by atoms with E-state index >= 15 is 0 Å². The Morgan fingerprint density at radius 2 is 1.88 bits per heavy atom. The van der Waals surface area contributed by atoms with Crippen molar-refractivity contribution in [1.29, 1.82) is 0 Å². The Morgan fingerprint density at radius 3 is 2.42 bits per heavy atom.